The Morgan fingerprint density at radius 3 is 2.45 bits per heavy atom. The zero-order chi connectivity index (χ0) is 27.6. The normalized spacial score (nSPS) is 10.8. The number of rotatable bonds is 3. The molecular weight excluding hydrogens is 708 g/mol. The number of pyridine rings is 1. The predicted molar refractivity (Wildman–Crippen MR) is 154 cm³/mol. The van der Waals surface area contributed by atoms with Gasteiger partial charge in [0.05, 0.1) is 11.4 Å². The fourth-order valence-electron chi connectivity index (χ4n) is 4.68. The molecule has 8 rings (SSSR count). The van der Waals surface area contributed by atoms with E-state index in [-0.39, 0.29) is 25.9 Å². The maximum absolute atomic E-state index is 13.7. The maximum atomic E-state index is 13.7. The van der Waals surface area contributed by atoms with E-state index >= 15 is 0 Å². The van der Waals surface area contributed by atoms with Crippen LogP contribution in [0.25, 0.3) is 61.6 Å². The molecule has 0 saturated heterocycles. The Hall–Kier alpha value is -5.11. The Morgan fingerprint density at radius 2 is 1.64 bits per heavy atom. The third kappa shape index (κ3) is 5.07. The summed E-state index contributed by atoms with van der Waals surface area (Å²) in [5.74, 6) is 0.224. The van der Waals surface area contributed by atoms with Gasteiger partial charge in [0.2, 0.25) is 0 Å². The number of hydrogen-bond acceptors (Lipinski definition) is 6. The third-order valence-electron chi connectivity index (χ3n) is 6.50. The van der Waals surface area contributed by atoms with Crippen molar-refractivity contribution in [3.8, 4) is 28.3 Å². The number of aromatic nitrogens is 6. The summed E-state index contributed by atoms with van der Waals surface area (Å²) in [5, 5.41) is 9.84. The standard InChI is InChI=1S/C22H11FN5O.C11H8N.Ir/c23-13-9-10-15-16-7-4-8-17(19(16)29-18(15)11-13)21-26-20-22(27-25-12-24-20)28(21)14-5-2-1-3-6-14;1-2-6-10(7-3-1)11-8-4-5-9-12-11;/h1-7,9-12H;1-6,8-9H;/q2*-1;. The molecule has 0 N–H and O–H groups in total. The Balaban J connectivity index is 0.000000205. The summed E-state index contributed by atoms with van der Waals surface area (Å²) in [7, 11) is 0. The van der Waals surface area contributed by atoms with Gasteiger partial charge in [-0.15, -0.1) is 64.3 Å². The first-order valence-electron chi connectivity index (χ1n) is 12.8. The molecule has 42 heavy (non-hydrogen) atoms. The molecule has 0 saturated carbocycles. The minimum absolute atomic E-state index is 0. The number of para-hydroxylation sites is 1. The van der Waals surface area contributed by atoms with Crippen LogP contribution in [0, 0.1) is 17.9 Å². The molecule has 0 aliphatic rings. The maximum Gasteiger partial charge on any atom is 0.197 e. The van der Waals surface area contributed by atoms with Crippen molar-refractivity contribution in [1.82, 2.24) is 29.7 Å². The zero-order valence-electron chi connectivity index (χ0n) is 21.8. The van der Waals surface area contributed by atoms with Crippen LogP contribution in [0.1, 0.15) is 0 Å². The Bertz CT molecular complexity index is 2080. The minimum atomic E-state index is -0.349. The van der Waals surface area contributed by atoms with Crippen LogP contribution in [0.4, 0.5) is 4.39 Å². The molecule has 0 fully saturated rings. The van der Waals surface area contributed by atoms with Gasteiger partial charge in [0, 0.05) is 43.4 Å². The van der Waals surface area contributed by atoms with Gasteiger partial charge in [-0.2, -0.15) is 0 Å². The average Bonchev–Trinajstić information content (AvgIpc) is 3.61. The van der Waals surface area contributed by atoms with E-state index in [4.69, 9.17) is 4.42 Å². The second kappa shape index (κ2) is 11.8. The van der Waals surface area contributed by atoms with Crippen molar-refractivity contribution in [2.45, 2.75) is 0 Å². The molecule has 0 bridgehead atoms. The molecule has 205 valence electrons. The monoisotopic (exact) mass is 727 g/mol. The van der Waals surface area contributed by atoms with Gasteiger partial charge in [-0.05, 0) is 36.0 Å². The Morgan fingerprint density at radius 1 is 0.786 bits per heavy atom. The molecule has 0 aliphatic carbocycles. The van der Waals surface area contributed by atoms with E-state index in [1.165, 1.54) is 18.5 Å². The van der Waals surface area contributed by atoms with Crippen LogP contribution in [0.15, 0.2) is 120 Å². The summed E-state index contributed by atoms with van der Waals surface area (Å²) in [5.41, 5.74) is 5.56. The van der Waals surface area contributed by atoms with Gasteiger partial charge in [0.1, 0.15) is 17.7 Å². The molecule has 4 heterocycles. The van der Waals surface area contributed by atoms with Crippen molar-refractivity contribution in [3.05, 3.63) is 134 Å². The van der Waals surface area contributed by atoms with Gasteiger partial charge in [-0.3, -0.25) is 4.98 Å². The summed E-state index contributed by atoms with van der Waals surface area (Å²) in [6, 6.07) is 38.0. The minimum Gasteiger partial charge on any atom is -0.500 e. The summed E-state index contributed by atoms with van der Waals surface area (Å²) in [4.78, 5) is 13.1. The molecule has 0 amide bonds. The number of imidazole rings is 1. The first-order chi connectivity index (χ1) is 20.3. The van der Waals surface area contributed by atoms with E-state index in [0.717, 1.165) is 27.7 Å². The van der Waals surface area contributed by atoms with Gasteiger partial charge in [0.15, 0.2) is 11.3 Å². The summed E-state index contributed by atoms with van der Waals surface area (Å²) < 4.78 is 21.6. The number of fused-ring (bicyclic) bond motifs is 4. The number of benzene rings is 4. The molecule has 0 aliphatic heterocycles. The van der Waals surface area contributed by atoms with Crippen LogP contribution in [-0.4, -0.2) is 29.7 Å². The van der Waals surface area contributed by atoms with E-state index in [0.29, 0.717) is 33.8 Å². The number of halogens is 1. The van der Waals surface area contributed by atoms with Crippen molar-refractivity contribution in [1.29, 1.82) is 0 Å². The van der Waals surface area contributed by atoms with Crippen LogP contribution in [0.3, 0.4) is 0 Å². The fourth-order valence-corrected chi connectivity index (χ4v) is 4.68. The average molecular weight is 727 g/mol. The number of hydrogen-bond donors (Lipinski definition) is 0. The van der Waals surface area contributed by atoms with Crippen LogP contribution < -0.4 is 0 Å². The second-order valence-corrected chi connectivity index (χ2v) is 9.04. The third-order valence-corrected chi connectivity index (χ3v) is 6.50. The van der Waals surface area contributed by atoms with Crippen LogP contribution in [0.5, 0.6) is 0 Å². The SMILES string of the molecule is Fc1ccc2c(c1)oc1c(-c3nc4ncnnc4n3-c3ccccc3)[c-]ccc12.[Ir].[c-]1ccccc1-c1ccccn1. The van der Waals surface area contributed by atoms with Gasteiger partial charge < -0.3 is 14.0 Å². The van der Waals surface area contributed by atoms with E-state index in [9.17, 15) is 4.39 Å². The van der Waals surface area contributed by atoms with Crippen molar-refractivity contribution < 1.29 is 28.9 Å². The second-order valence-electron chi connectivity index (χ2n) is 9.04. The molecule has 7 nitrogen and oxygen atoms in total. The zero-order valence-corrected chi connectivity index (χ0v) is 24.2. The van der Waals surface area contributed by atoms with Crippen LogP contribution >= 0.6 is 0 Å². The largest absolute Gasteiger partial charge is 0.500 e. The van der Waals surface area contributed by atoms with Crippen molar-refractivity contribution in [2.75, 3.05) is 0 Å². The number of nitrogens with zero attached hydrogens (tertiary/aromatic N) is 6. The molecule has 4 aromatic heterocycles. The molecule has 4 aromatic carbocycles. The quantitative estimate of drug-likeness (QED) is 0.178. The molecular formula is C33H19FIrN6O-2. The summed E-state index contributed by atoms with van der Waals surface area (Å²) >= 11 is 0. The summed E-state index contributed by atoms with van der Waals surface area (Å²) in [6.45, 7) is 0. The van der Waals surface area contributed by atoms with Crippen LogP contribution in [-0.2, 0) is 20.1 Å². The molecule has 0 unspecified atom stereocenters. The smallest absolute Gasteiger partial charge is 0.197 e. The molecule has 1 radical (unpaired) electrons. The van der Waals surface area contributed by atoms with Gasteiger partial charge >= 0.3 is 0 Å². The van der Waals surface area contributed by atoms with E-state index in [1.807, 2.05) is 89.5 Å². The summed E-state index contributed by atoms with van der Waals surface area (Å²) in [6.07, 6.45) is 3.15. The van der Waals surface area contributed by atoms with E-state index < -0.39 is 0 Å². The molecule has 9 heteroatoms. The predicted octanol–water partition coefficient (Wildman–Crippen LogP) is 7.26. The fraction of sp³-hybridized carbons (Fsp3) is 0. The Kier molecular flexibility index (Phi) is 7.60. The first kappa shape index (κ1) is 27.1. The van der Waals surface area contributed by atoms with Crippen molar-refractivity contribution in [2.24, 2.45) is 0 Å². The van der Waals surface area contributed by atoms with Gasteiger partial charge in [-0.25, -0.2) is 9.37 Å². The van der Waals surface area contributed by atoms with Crippen molar-refractivity contribution >= 4 is 33.2 Å². The Labute approximate surface area is 253 Å². The van der Waals surface area contributed by atoms with E-state index in [1.54, 1.807) is 12.3 Å². The van der Waals surface area contributed by atoms with Gasteiger partial charge in [-0.1, -0.05) is 41.3 Å². The molecule has 0 atom stereocenters. The van der Waals surface area contributed by atoms with Crippen molar-refractivity contribution in [3.63, 3.8) is 0 Å². The number of furan rings is 1. The molecule has 0 spiro atoms. The van der Waals surface area contributed by atoms with Gasteiger partial charge in [0.25, 0.3) is 0 Å². The van der Waals surface area contributed by atoms with E-state index in [2.05, 4.69) is 37.3 Å². The molecule has 8 aromatic rings. The first-order valence-corrected chi connectivity index (χ1v) is 12.8. The van der Waals surface area contributed by atoms with Crippen LogP contribution in [0.2, 0.25) is 0 Å². The topological polar surface area (TPSA) is 82.5 Å².